The van der Waals surface area contributed by atoms with Crippen molar-refractivity contribution in [2.75, 3.05) is 26.4 Å². The number of nitrogens with one attached hydrogen (secondary N) is 2. The van der Waals surface area contributed by atoms with E-state index in [1.165, 1.54) is 225 Å². The van der Waals surface area contributed by atoms with Crippen LogP contribution in [0.2, 0.25) is 0 Å². The lowest BCUT2D eigenvalue weighted by Crippen LogP contribution is -2.70. The minimum Gasteiger partial charge on any atom is -0.477 e. The number of carboxylic acid groups (broad SMARTS) is 1. The summed E-state index contributed by atoms with van der Waals surface area (Å²) in [5, 5.41) is 136. The molecule has 98 heavy (non-hydrogen) atoms. The van der Waals surface area contributed by atoms with Gasteiger partial charge in [0.05, 0.1) is 50.7 Å². The van der Waals surface area contributed by atoms with Crippen molar-refractivity contribution in [3.05, 3.63) is 0 Å². The van der Waals surface area contributed by atoms with Crippen LogP contribution >= 0.6 is 0 Å². The van der Waals surface area contributed by atoms with Gasteiger partial charge in [0.1, 0.15) is 67.1 Å². The highest BCUT2D eigenvalue weighted by molar-refractivity contribution is 5.77. The Morgan fingerprint density at radius 3 is 1.28 bits per heavy atom. The maximum absolute atomic E-state index is 13.5. The van der Waals surface area contributed by atoms with Crippen molar-refractivity contribution < 1.29 is 104 Å². The second-order valence-electron chi connectivity index (χ2n) is 28.9. The number of ether oxygens (including phenoxy) is 6. The van der Waals surface area contributed by atoms with Gasteiger partial charge in [-0.15, -0.1) is 0 Å². The Morgan fingerprint density at radius 2 is 0.888 bits per heavy atom. The summed E-state index contributed by atoms with van der Waals surface area (Å²) >= 11 is 0. The fourth-order valence-electron chi connectivity index (χ4n) is 14.1. The highest BCUT2D eigenvalue weighted by Gasteiger charge is 2.60. The lowest BCUT2D eigenvalue weighted by molar-refractivity contribution is -0.386. The Balaban J connectivity index is 1.52. The molecule has 0 aromatic carbocycles. The first-order valence-electron chi connectivity index (χ1n) is 39.4. The van der Waals surface area contributed by atoms with Gasteiger partial charge in [-0.2, -0.15) is 0 Å². The van der Waals surface area contributed by atoms with E-state index in [-0.39, 0.29) is 18.9 Å². The molecule has 18 unspecified atom stereocenters. The van der Waals surface area contributed by atoms with E-state index in [1.807, 2.05) is 0 Å². The molecule has 0 aliphatic carbocycles. The second kappa shape index (κ2) is 55.3. The first kappa shape index (κ1) is 89.9. The van der Waals surface area contributed by atoms with Crippen LogP contribution < -0.4 is 10.6 Å². The minimum atomic E-state index is -3.08. The van der Waals surface area contributed by atoms with Crippen LogP contribution in [0.3, 0.4) is 0 Å². The number of carbonyl (C=O) groups excluding carboxylic acids is 2. The molecule has 0 spiro atoms. The maximum atomic E-state index is 13.5. The van der Waals surface area contributed by atoms with Crippen molar-refractivity contribution in [2.24, 2.45) is 0 Å². The van der Waals surface area contributed by atoms with Crippen molar-refractivity contribution in [2.45, 2.75) is 432 Å². The SMILES string of the molecule is CCCCCCCCCCCCCCCCCCCCCCCCCCCC(=O)NC(COC1OC(CO)C(OC2OC(CO)C(O)C(OC3(C(=O)O)CC(O)C(NC(C)=O)C(C(O)C(O)CO)O3)C2O)C(O)C1O)C(O)CCCCCCCCCCCCCCCCCCCCC. The zero-order valence-electron chi connectivity index (χ0n) is 60.9. The quantitative estimate of drug-likeness (QED) is 0.0252. The molecule has 3 aliphatic rings. The van der Waals surface area contributed by atoms with Crippen LogP contribution in [0.5, 0.6) is 0 Å². The molecule has 0 radical (unpaired) electrons. The van der Waals surface area contributed by atoms with Gasteiger partial charge in [0, 0.05) is 19.8 Å². The highest BCUT2D eigenvalue weighted by Crippen LogP contribution is 2.39. The Hall–Kier alpha value is -2.27. The van der Waals surface area contributed by atoms with E-state index in [2.05, 4.69) is 24.5 Å². The monoisotopic (exact) mass is 1410 g/mol. The molecule has 578 valence electrons. The number of unbranched alkanes of at least 4 members (excludes halogenated alkanes) is 42. The van der Waals surface area contributed by atoms with Crippen molar-refractivity contribution in [3.8, 4) is 0 Å². The number of rotatable bonds is 62. The summed E-state index contributed by atoms with van der Waals surface area (Å²) in [7, 11) is 0. The summed E-state index contributed by atoms with van der Waals surface area (Å²) in [4.78, 5) is 38.7. The average Bonchev–Trinajstić information content (AvgIpc) is 0.756. The molecule has 14 N–H and O–H groups in total. The van der Waals surface area contributed by atoms with E-state index in [0.717, 1.165) is 51.9 Å². The van der Waals surface area contributed by atoms with Gasteiger partial charge in [-0.3, -0.25) is 9.59 Å². The predicted molar refractivity (Wildman–Crippen MR) is 375 cm³/mol. The maximum Gasteiger partial charge on any atom is 0.364 e. The third-order valence-corrected chi connectivity index (χ3v) is 20.3. The summed E-state index contributed by atoms with van der Waals surface area (Å²) < 4.78 is 35.0. The van der Waals surface area contributed by atoms with Crippen LogP contribution in [0.15, 0.2) is 0 Å². The van der Waals surface area contributed by atoms with E-state index in [0.29, 0.717) is 19.3 Å². The smallest absolute Gasteiger partial charge is 0.364 e. The molecule has 0 aromatic heterocycles. The summed E-state index contributed by atoms with van der Waals surface area (Å²) in [5.41, 5.74) is 0. The molecule has 23 nitrogen and oxygen atoms in total. The number of hydrogen-bond acceptors (Lipinski definition) is 20. The number of aliphatic hydroxyl groups excluding tert-OH is 11. The Labute approximate surface area is 589 Å². The average molecular weight is 1410 g/mol. The molecule has 18 atom stereocenters. The molecule has 23 heteroatoms. The van der Waals surface area contributed by atoms with Crippen molar-refractivity contribution in [1.82, 2.24) is 10.6 Å². The van der Waals surface area contributed by atoms with Gasteiger partial charge in [-0.25, -0.2) is 4.79 Å². The molecule has 0 aromatic rings. The van der Waals surface area contributed by atoms with Gasteiger partial charge in [0.15, 0.2) is 12.6 Å². The minimum absolute atomic E-state index is 0.230. The van der Waals surface area contributed by atoms with Crippen molar-refractivity contribution >= 4 is 17.8 Å². The third-order valence-electron chi connectivity index (χ3n) is 20.3. The molecule has 3 aliphatic heterocycles. The molecule has 3 rings (SSSR count). The fourth-order valence-corrected chi connectivity index (χ4v) is 14.1. The van der Waals surface area contributed by atoms with Gasteiger partial charge in [0.25, 0.3) is 5.79 Å². The first-order chi connectivity index (χ1) is 47.4. The Morgan fingerprint density at radius 1 is 0.490 bits per heavy atom. The lowest BCUT2D eigenvalue weighted by atomic mass is 9.88. The molecule has 3 fully saturated rings. The van der Waals surface area contributed by atoms with Gasteiger partial charge in [-0.1, -0.05) is 290 Å². The van der Waals surface area contributed by atoms with E-state index in [9.17, 15) is 75.7 Å². The van der Waals surface area contributed by atoms with Crippen molar-refractivity contribution in [1.29, 1.82) is 0 Å². The zero-order valence-corrected chi connectivity index (χ0v) is 60.9. The lowest BCUT2D eigenvalue weighted by Gasteiger charge is -2.50. The van der Waals surface area contributed by atoms with Crippen LogP contribution in [0.25, 0.3) is 0 Å². The summed E-state index contributed by atoms with van der Waals surface area (Å²) in [6.07, 6.45) is 26.7. The summed E-state index contributed by atoms with van der Waals surface area (Å²) in [6, 6.07) is -2.53. The summed E-state index contributed by atoms with van der Waals surface area (Å²) in [6.45, 7) is 2.26. The Bertz CT molecular complexity index is 1970. The molecule has 3 saturated heterocycles. The molecule has 0 saturated carbocycles. The van der Waals surface area contributed by atoms with Crippen LogP contribution in [0.1, 0.15) is 323 Å². The van der Waals surface area contributed by atoms with Gasteiger partial charge >= 0.3 is 5.97 Å². The molecule has 3 heterocycles. The van der Waals surface area contributed by atoms with E-state index in [1.54, 1.807) is 0 Å². The normalized spacial score (nSPS) is 27.2. The molecule has 2 amide bonds. The number of amides is 2. The second-order valence-corrected chi connectivity index (χ2v) is 28.9. The topological polar surface area (TPSA) is 373 Å². The number of carbonyl (C=O) groups is 3. The predicted octanol–water partition coefficient (Wildman–Crippen LogP) is 9.63. The van der Waals surface area contributed by atoms with Crippen LogP contribution in [0.4, 0.5) is 0 Å². The largest absolute Gasteiger partial charge is 0.477 e. The third kappa shape index (κ3) is 36.0. The number of hydrogen-bond donors (Lipinski definition) is 14. The molecular weight excluding hydrogens is 1260 g/mol. The molecule has 0 bridgehead atoms. The number of aliphatic hydroxyl groups is 11. The van der Waals surface area contributed by atoms with E-state index in [4.69, 9.17) is 28.4 Å². The Kier molecular flexibility index (Phi) is 50.7. The van der Waals surface area contributed by atoms with Gasteiger partial charge < -0.3 is 100 Å². The highest BCUT2D eigenvalue weighted by atomic mass is 16.8. The standard InChI is InChI=1S/C75H142N2O21/c1-4-6-8-10-12-14-16-18-20-22-24-25-26-27-28-29-31-33-35-37-39-41-43-45-47-49-62(85)77-56(57(82)48-46-44-42-40-38-36-34-32-30-23-21-19-17-15-13-11-9-7-5-2)54-93-72-67(89)66(88)69(61(53-80)95-72)96-73-68(90)71(65(87)60(52-79)94-73)98-75(74(91)92)50-58(83)63(76-55(3)81)70(97-75)64(86)59(84)51-78/h56-61,63-73,78-80,82-84,86-90H,4-54H2,1-3H3,(H,76,81)(H,77,85)(H,91,92). The summed E-state index contributed by atoms with van der Waals surface area (Å²) in [5.74, 6) is -6.09. The van der Waals surface area contributed by atoms with E-state index >= 15 is 0 Å². The van der Waals surface area contributed by atoms with Gasteiger partial charge in [0.2, 0.25) is 11.8 Å². The van der Waals surface area contributed by atoms with Crippen molar-refractivity contribution in [3.63, 3.8) is 0 Å². The van der Waals surface area contributed by atoms with Crippen LogP contribution in [0, 0.1) is 0 Å². The molecular formula is C75H142N2O21. The van der Waals surface area contributed by atoms with Crippen LogP contribution in [-0.2, 0) is 42.8 Å². The number of aliphatic carboxylic acids is 1. The fraction of sp³-hybridized carbons (Fsp3) is 0.960. The van der Waals surface area contributed by atoms with Gasteiger partial charge in [-0.05, 0) is 12.8 Å². The first-order valence-corrected chi connectivity index (χ1v) is 39.4. The zero-order chi connectivity index (χ0) is 71.8. The number of carboxylic acids is 1. The van der Waals surface area contributed by atoms with E-state index < -0.39 is 148 Å². The van der Waals surface area contributed by atoms with Crippen LogP contribution in [-0.4, -0.2) is 215 Å².